The first-order chi connectivity index (χ1) is 7.62. The molecule has 0 radical (unpaired) electrons. The number of hydrogen-bond donors (Lipinski definition) is 2. The summed E-state index contributed by atoms with van der Waals surface area (Å²) in [6, 6.07) is -0.594. The molecule has 6 heteroatoms. The Hall–Kier alpha value is -0.780. The van der Waals surface area contributed by atoms with Crippen molar-refractivity contribution in [1.82, 2.24) is 0 Å². The van der Waals surface area contributed by atoms with Crippen molar-refractivity contribution in [3.8, 4) is 0 Å². The van der Waals surface area contributed by atoms with Crippen LogP contribution in [0.2, 0.25) is 0 Å². The Balaban J connectivity index is 4.28. The van der Waals surface area contributed by atoms with E-state index in [2.05, 4.69) is 0 Å². The quantitative estimate of drug-likeness (QED) is 0.735. The molecule has 0 aromatic rings. The summed E-state index contributed by atoms with van der Waals surface area (Å²) in [7, 11) is 0. The average molecular weight is 255 g/mol. The first kappa shape index (κ1) is 16.2. The second kappa shape index (κ2) is 6.83. The molecule has 0 spiro atoms. The minimum absolute atomic E-state index is 0.317. The van der Waals surface area contributed by atoms with E-state index in [1.54, 1.807) is 0 Å². The molecule has 0 saturated carbocycles. The Labute approximate surface area is 99.2 Å². The van der Waals surface area contributed by atoms with Gasteiger partial charge in [0.1, 0.15) is 0 Å². The van der Waals surface area contributed by atoms with Gasteiger partial charge in [0, 0.05) is 6.04 Å². The Morgan fingerprint density at radius 3 is 2.18 bits per heavy atom. The van der Waals surface area contributed by atoms with Gasteiger partial charge in [0.15, 0.2) is 0 Å². The lowest BCUT2D eigenvalue weighted by Gasteiger charge is -2.22. The van der Waals surface area contributed by atoms with Crippen molar-refractivity contribution in [2.24, 2.45) is 17.6 Å². The summed E-state index contributed by atoms with van der Waals surface area (Å²) in [5.74, 6) is -2.91. The van der Waals surface area contributed by atoms with Crippen LogP contribution in [0.4, 0.5) is 13.2 Å². The summed E-state index contributed by atoms with van der Waals surface area (Å²) >= 11 is 0. The van der Waals surface area contributed by atoms with Crippen molar-refractivity contribution in [2.45, 2.75) is 51.7 Å². The fraction of sp³-hybridized carbons (Fsp3) is 0.909. The molecule has 3 nitrogen and oxygen atoms in total. The molecule has 2 atom stereocenters. The third-order valence-corrected chi connectivity index (χ3v) is 2.59. The number of carboxylic acids is 1. The maximum atomic E-state index is 12.5. The van der Waals surface area contributed by atoms with Gasteiger partial charge in [-0.15, -0.1) is 0 Å². The number of nitrogens with two attached hydrogens (primary N) is 1. The van der Waals surface area contributed by atoms with Crippen molar-refractivity contribution in [3.05, 3.63) is 0 Å². The minimum atomic E-state index is -4.49. The van der Waals surface area contributed by atoms with Crippen LogP contribution < -0.4 is 5.73 Å². The number of aliphatic carboxylic acids is 1. The molecule has 0 aromatic heterocycles. The van der Waals surface area contributed by atoms with Gasteiger partial charge in [-0.25, -0.2) is 0 Å². The monoisotopic (exact) mass is 255 g/mol. The van der Waals surface area contributed by atoms with Gasteiger partial charge in [0.25, 0.3) is 0 Å². The highest BCUT2D eigenvalue weighted by molar-refractivity contribution is 5.67. The number of rotatable bonds is 7. The molecule has 0 rings (SSSR count). The molecule has 3 N–H and O–H groups in total. The normalized spacial score (nSPS) is 15.9. The molecule has 0 unspecified atom stereocenters. The lowest BCUT2D eigenvalue weighted by atomic mass is 9.92. The van der Waals surface area contributed by atoms with E-state index in [0.29, 0.717) is 12.3 Å². The molecule has 0 bridgehead atoms. The predicted molar refractivity (Wildman–Crippen MR) is 58.5 cm³/mol. The fourth-order valence-electron chi connectivity index (χ4n) is 1.57. The Morgan fingerprint density at radius 2 is 1.82 bits per heavy atom. The zero-order valence-corrected chi connectivity index (χ0v) is 10.1. The molecular weight excluding hydrogens is 235 g/mol. The van der Waals surface area contributed by atoms with E-state index < -0.39 is 30.5 Å². The highest BCUT2D eigenvalue weighted by Crippen LogP contribution is 2.32. The number of halogens is 3. The van der Waals surface area contributed by atoms with Gasteiger partial charge < -0.3 is 10.8 Å². The van der Waals surface area contributed by atoms with E-state index in [-0.39, 0.29) is 6.42 Å². The van der Waals surface area contributed by atoms with Gasteiger partial charge in [-0.05, 0) is 25.2 Å². The van der Waals surface area contributed by atoms with Gasteiger partial charge >= 0.3 is 12.1 Å². The molecule has 17 heavy (non-hydrogen) atoms. The Morgan fingerprint density at radius 1 is 1.29 bits per heavy atom. The standard InChI is InChI=1S/C11H20F3NO2/c1-7(2)3-4-9(15)5-8(6-10(16)17)11(12,13)14/h7-9H,3-6,15H2,1-2H3,(H,16,17)/t8-,9-/m1/s1. The predicted octanol–water partition coefficient (Wildman–Crippen LogP) is 2.79. The number of carbonyl (C=O) groups is 1. The number of hydrogen-bond acceptors (Lipinski definition) is 2. The number of alkyl halides is 3. The summed E-state index contributed by atoms with van der Waals surface area (Å²) in [5, 5.41) is 8.44. The van der Waals surface area contributed by atoms with Crippen LogP contribution in [0.15, 0.2) is 0 Å². The second-order valence-electron chi connectivity index (χ2n) is 4.80. The van der Waals surface area contributed by atoms with Crippen molar-refractivity contribution in [1.29, 1.82) is 0 Å². The van der Waals surface area contributed by atoms with Crippen LogP contribution in [-0.2, 0) is 4.79 Å². The van der Waals surface area contributed by atoms with Crippen LogP contribution in [0.3, 0.4) is 0 Å². The third-order valence-electron chi connectivity index (χ3n) is 2.59. The molecule has 0 aliphatic rings. The highest BCUT2D eigenvalue weighted by atomic mass is 19.4. The van der Waals surface area contributed by atoms with Crippen molar-refractivity contribution in [2.75, 3.05) is 0 Å². The van der Waals surface area contributed by atoms with Crippen LogP contribution >= 0.6 is 0 Å². The smallest absolute Gasteiger partial charge is 0.392 e. The van der Waals surface area contributed by atoms with E-state index in [0.717, 1.165) is 6.42 Å². The summed E-state index contributed by atoms with van der Waals surface area (Å²) in [5.41, 5.74) is 5.60. The van der Waals surface area contributed by atoms with E-state index in [1.807, 2.05) is 13.8 Å². The van der Waals surface area contributed by atoms with Gasteiger partial charge in [-0.3, -0.25) is 4.79 Å². The molecule has 0 aromatic carbocycles. The van der Waals surface area contributed by atoms with Crippen molar-refractivity contribution < 1.29 is 23.1 Å². The maximum absolute atomic E-state index is 12.5. The lowest BCUT2D eigenvalue weighted by molar-refractivity contribution is -0.185. The molecule has 102 valence electrons. The largest absolute Gasteiger partial charge is 0.481 e. The molecule has 0 amide bonds. The van der Waals surface area contributed by atoms with Crippen LogP contribution in [0, 0.1) is 11.8 Å². The molecular formula is C11H20F3NO2. The lowest BCUT2D eigenvalue weighted by Crippen LogP contribution is -2.33. The zero-order valence-electron chi connectivity index (χ0n) is 10.1. The second-order valence-corrected chi connectivity index (χ2v) is 4.80. The minimum Gasteiger partial charge on any atom is -0.481 e. The van der Waals surface area contributed by atoms with E-state index in [4.69, 9.17) is 10.8 Å². The van der Waals surface area contributed by atoms with Crippen molar-refractivity contribution in [3.63, 3.8) is 0 Å². The maximum Gasteiger partial charge on any atom is 0.392 e. The SMILES string of the molecule is CC(C)CC[C@@H](N)C[C@H](CC(=O)O)C(F)(F)F. The van der Waals surface area contributed by atoms with Gasteiger partial charge in [0.2, 0.25) is 0 Å². The topological polar surface area (TPSA) is 63.3 Å². The van der Waals surface area contributed by atoms with Crippen LogP contribution in [-0.4, -0.2) is 23.3 Å². The van der Waals surface area contributed by atoms with Gasteiger partial charge in [0.05, 0.1) is 12.3 Å². The summed E-state index contributed by atoms with van der Waals surface area (Å²) < 4.78 is 37.6. The van der Waals surface area contributed by atoms with Crippen molar-refractivity contribution >= 4 is 5.97 Å². The highest BCUT2D eigenvalue weighted by Gasteiger charge is 2.41. The molecule has 0 fully saturated rings. The van der Waals surface area contributed by atoms with E-state index >= 15 is 0 Å². The van der Waals surface area contributed by atoms with Crippen LogP contribution in [0.5, 0.6) is 0 Å². The van der Waals surface area contributed by atoms with E-state index in [9.17, 15) is 18.0 Å². The first-order valence-corrected chi connectivity index (χ1v) is 5.67. The summed E-state index contributed by atoms with van der Waals surface area (Å²) in [4.78, 5) is 10.4. The Kier molecular flexibility index (Phi) is 6.52. The third kappa shape index (κ3) is 8.01. The zero-order chi connectivity index (χ0) is 13.6. The summed E-state index contributed by atoms with van der Waals surface area (Å²) in [6.45, 7) is 3.93. The Bertz CT molecular complexity index is 241. The molecule has 0 aliphatic heterocycles. The summed E-state index contributed by atoms with van der Waals surface area (Å²) in [6.07, 6.45) is -4.47. The number of carboxylic acid groups (broad SMARTS) is 1. The molecule has 0 heterocycles. The van der Waals surface area contributed by atoms with Gasteiger partial charge in [-0.1, -0.05) is 13.8 Å². The van der Waals surface area contributed by atoms with Gasteiger partial charge in [-0.2, -0.15) is 13.2 Å². The van der Waals surface area contributed by atoms with Crippen LogP contribution in [0.25, 0.3) is 0 Å². The first-order valence-electron chi connectivity index (χ1n) is 5.67. The molecule has 0 saturated heterocycles. The molecule has 0 aliphatic carbocycles. The van der Waals surface area contributed by atoms with Crippen LogP contribution in [0.1, 0.15) is 39.5 Å². The fourth-order valence-corrected chi connectivity index (χ4v) is 1.57. The average Bonchev–Trinajstić information content (AvgIpc) is 2.11. The van der Waals surface area contributed by atoms with E-state index in [1.165, 1.54) is 0 Å².